The number of sulfonamides is 1. The van der Waals surface area contributed by atoms with E-state index in [0.717, 1.165) is 6.07 Å². The first-order valence-electron chi connectivity index (χ1n) is 6.98. The summed E-state index contributed by atoms with van der Waals surface area (Å²) in [5.41, 5.74) is 0.558. The fraction of sp³-hybridized carbons (Fsp3) is 0.250. The minimum Gasteiger partial charge on any atom is -0.497 e. The molecule has 0 aromatic heterocycles. The van der Waals surface area contributed by atoms with E-state index in [2.05, 4.69) is 4.72 Å². The highest BCUT2D eigenvalue weighted by molar-refractivity contribution is 7.89. The van der Waals surface area contributed by atoms with Gasteiger partial charge in [-0.2, -0.15) is 0 Å². The van der Waals surface area contributed by atoms with Crippen molar-refractivity contribution < 1.29 is 22.3 Å². The molecule has 0 aliphatic heterocycles. The lowest BCUT2D eigenvalue weighted by Crippen LogP contribution is -2.28. The zero-order chi connectivity index (χ0) is 17.9. The molecular weight excluding hydrogens is 357 g/mol. The lowest BCUT2D eigenvalue weighted by atomic mass is 10.1. The zero-order valence-corrected chi connectivity index (χ0v) is 14.9. The van der Waals surface area contributed by atoms with Gasteiger partial charge in [0.1, 0.15) is 16.4 Å². The molecule has 1 atom stereocenters. The van der Waals surface area contributed by atoms with Crippen molar-refractivity contribution in [1.82, 2.24) is 4.72 Å². The molecule has 2 aromatic rings. The quantitative estimate of drug-likeness (QED) is 0.841. The summed E-state index contributed by atoms with van der Waals surface area (Å²) < 4.78 is 51.7. The van der Waals surface area contributed by atoms with Gasteiger partial charge in [0.15, 0.2) is 5.82 Å². The number of nitrogens with one attached hydrogen (secondary N) is 1. The van der Waals surface area contributed by atoms with Gasteiger partial charge in [0, 0.05) is 11.6 Å². The fourth-order valence-electron chi connectivity index (χ4n) is 2.23. The van der Waals surface area contributed by atoms with Gasteiger partial charge in [-0.1, -0.05) is 17.7 Å². The third kappa shape index (κ3) is 3.80. The van der Waals surface area contributed by atoms with Crippen molar-refractivity contribution in [3.63, 3.8) is 0 Å². The van der Waals surface area contributed by atoms with E-state index in [4.69, 9.17) is 21.1 Å². The van der Waals surface area contributed by atoms with E-state index in [0.29, 0.717) is 17.1 Å². The van der Waals surface area contributed by atoms with Crippen LogP contribution in [0.3, 0.4) is 0 Å². The highest BCUT2D eigenvalue weighted by atomic mass is 35.5. The molecule has 1 N–H and O–H groups in total. The van der Waals surface area contributed by atoms with E-state index in [9.17, 15) is 12.8 Å². The molecule has 0 aliphatic carbocycles. The zero-order valence-electron chi connectivity index (χ0n) is 13.3. The monoisotopic (exact) mass is 373 g/mol. The molecule has 0 aliphatic rings. The first kappa shape index (κ1) is 18.5. The summed E-state index contributed by atoms with van der Waals surface area (Å²) in [6.45, 7) is 1.62. The maximum Gasteiger partial charge on any atom is 0.244 e. The first-order chi connectivity index (χ1) is 11.3. The minimum atomic E-state index is -4.11. The van der Waals surface area contributed by atoms with Crippen LogP contribution in [0.25, 0.3) is 0 Å². The molecule has 0 saturated carbocycles. The van der Waals surface area contributed by atoms with Gasteiger partial charge in [-0.15, -0.1) is 0 Å². The fourth-order valence-corrected chi connectivity index (χ4v) is 3.78. The Morgan fingerprint density at radius 3 is 2.50 bits per heavy atom. The van der Waals surface area contributed by atoms with E-state index in [1.165, 1.54) is 26.4 Å². The molecule has 0 bridgehead atoms. The average molecular weight is 374 g/mol. The predicted molar refractivity (Wildman–Crippen MR) is 89.7 cm³/mol. The summed E-state index contributed by atoms with van der Waals surface area (Å²) in [6.07, 6.45) is 0. The lowest BCUT2D eigenvalue weighted by Gasteiger charge is -2.18. The molecule has 5 nitrogen and oxygen atoms in total. The van der Waals surface area contributed by atoms with E-state index in [1.54, 1.807) is 25.1 Å². The number of benzene rings is 2. The molecule has 0 radical (unpaired) electrons. The Morgan fingerprint density at radius 2 is 1.88 bits per heavy atom. The summed E-state index contributed by atoms with van der Waals surface area (Å²) in [5, 5.41) is -0.260. The summed E-state index contributed by atoms with van der Waals surface area (Å²) >= 11 is 5.66. The van der Waals surface area contributed by atoms with Crippen LogP contribution in [0.4, 0.5) is 4.39 Å². The number of methoxy groups -OCH3 is 2. The highest BCUT2D eigenvalue weighted by Gasteiger charge is 2.25. The Labute approximate surface area is 145 Å². The molecule has 0 heterocycles. The average Bonchev–Trinajstić information content (AvgIpc) is 2.56. The second-order valence-corrected chi connectivity index (χ2v) is 7.09. The number of hydrogen-bond acceptors (Lipinski definition) is 4. The van der Waals surface area contributed by atoms with Crippen LogP contribution in [0.1, 0.15) is 18.5 Å². The van der Waals surface area contributed by atoms with Crippen LogP contribution in [-0.4, -0.2) is 22.6 Å². The van der Waals surface area contributed by atoms with Crippen LogP contribution >= 0.6 is 11.6 Å². The maximum absolute atomic E-state index is 14.0. The van der Waals surface area contributed by atoms with Gasteiger partial charge in [0.25, 0.3) is 0 Å². The normalized spacial score (nSPS) is 12.7. The van der Waals surface area contributed by atoms with Gasteiger partial charge in [-0.25, -0.2) is 17.5 Å². The standard InChI is InChI=1S/C16H17ClFNO4S/c1-10(12-9-11(22-2)7-8-14(12)23-3)19-24(20,21)15-6-4-5-13(17)16(15)18/h4-10,19H,1-3H3. The van der Waals surface area contributed by atoms with Gasteiger partial charge in [0.2, 0.25) is 10.0 Å². The van der Waals surface area contributed by atoms with Crippen LogP contribution in [0.5, 0.6) is 11.5 Å². The Bertz CT molecular complexity index is 842. The molecule has 2 aromatic carbocycles. The van der Waals surface area contributed by atoms with Gasteiger partial charge in [-0.05, 0) is 37.3 Å². The van der Waals surface area contributed by atoms with Crippen molar-refractivity contribution in [3.05, 3.63) is 52.8 Å². The van der Waals surface area contributed by atoms with E-state index in [1.807, 2.05) is 0 Å². The molecule has 1 unspecified atom stereocenters. The molecule has 0 spiro atoms. The van der Waals surface area contributed by atoms with Crippen LogP contribution < -0.4 is 14.2 Å². The first-order valence-corrected chi connectivity index (χ1v) is 8.84. The summed E-state index contributed by atoms with van der Waals surface area (Å²) in [6, 6.07) is 8.14. The van der Waals surface area contributed by atoms with Crippen LogP contribution in [0.15, 0.2) is 41.3 Å². The Kier molecular flexibility index (Phi) is 5.69. The number of hydrogen-bond donors (Lipinski definition) is 1. The largest absolute Gasteiger partial charge is 0.497 e. The Morgan fingerprint density at radius 1 is 1.17 bits per heavy atom. The van der Waals surface area contributed by atoms with Crippen molar-refractivity contribution in [2.75, 3.05) is 14.2 Å². The minimum absolute atomic E-state index is 0.260. The Balaban J connectivity index is 2.38. The van der Waals surface area contributed by atoms with E-state index >= 15 is 0 Å². The molecule has 24 heavy (non-hydrogen) atoms. The molecular formula is C16H17ClFNO4S. The van der Waals surface area contributed by atoms with Crippen molar-refractivity contribution in [3.8, 4) is 11.5 Å². The number of rotatable bonds is 6. The second kappa shape index (κ2) is 7.38. The summed E-state index contributed by atoms with van der Waals surface area (Å²) in [5.74, 6) is 0.0415. The third-order valence-electron chi connectivity index (χ3n) is 3.44. The topological polar surface area (TPSA) is 64.6 Å². The molecule has 8 heteroatoms. The van der Waals surface area contributed by atoms with Crippen LogP contribution in [0.2, 0.25) is 5.02 Å². The molecule has 130 valence electrons. The van der Waals surface area contributed by atoms with E-state index in [-0.39, 0.29) is 5.02 Å². The van der Waals surface area contributed by atoms with Crippen LogP contribution in [-0.2, 0) is 10.0 Å². The predicted octanol–water partition coefficient (Wildman–Crippen LogP) is 3.54. The Hall–Kier alpha value is -1.83. The van der Waals surface area contributed by atoms with Crippen molar-refractivity contribution in [2.24, 2.45) is 0 Å². The SMILES string of the molecule is COc1ccc(OC)c(C(C)NS(=O)(=O)c2cccc(Cl)c2F)c1. The maximum atomic E-state index is 14.0. The summed E-state index contributed by atoms with van der Waals surface area (Å²) in [4.78, 5) is -0.510. The highest BCUT2D eigenvalue weighted by Crippen LogP contribution is 2.31. The van der Waals surface area contributed by atoms with Gasteiger partial charge in [0.05, 0.1) is 19.2 Å². The number of ether oxygens (including phenoxy) is 2. The van der Waals surface area contributed by atoms with Crippen LogP contribution in [0, 0.1) is 5.82 Å². The summed E-state index contributed by atoms with van der Waals surface area (Å²) in [7, 11) is -1.13. The number of halogens is 2. The molecule has 0 amide bonds. The van der Waals surface area contributed by atoms with Gasteiger partial charge in [-0.3, -0.25) is 0 Å². The van der Waals surface area contributed by atoms with Crippen molar-refractivity contribution >= 4 is 21.6 Å². The van der Waals surface area contributed by atoms with Gasteiger partial charge < -0.3 is 9.47 Å². The molecule has 2 rings (SSSR count). The van der Waals surface area contributed by atoms with Gasteiger partial charge >= 0.3 is 0 Å². The third-order valence-corrected chi connectivity index (χ3v) is 5.29. The lowest BCUT2D eigenvalue weighted by molar-refractivity contribution is 0.395. The smallest absolute Gasteiger partial charge is 0.244 e. The van der Waals surface area contributed by atoms with Crippen molar-refractivity contribution in [2.45, 2.75) is 17.9 Å². The molecule has 0 saturated heterocycles. The molecule has 0 fully saturated rings. The van der Waals surface area contributed by atoms with E-state index < -0.39 is 26.8 Å². The van der Waals surface area contributed by atoms with Crippen molar-refractivity contribution in [1.29, 1.82) is 0 Å². The second-order valence-electron chi connectivity index (χ2n) is 5.00.